The Kier molecular flexibility index (Phi) is 6.19. The van der Waals surface area contributed by atoms with Gasteiger partial charge in [0.25, 0.3) is 5.90 Å². The Bertz CT molecular complexity index is 816. The van der Waals surface area contributed by atoms with E-state index in [4.69, 9.17) is 15.3 Å². The van der Waals surface area contributed by atoms with Gasteiger partial charge >= 0.3 is 5.97 Å². The molecule has 0 saturated heterocycles. The van der Waals surface area contributed by atoms with Crippen LogP contribution in [0.1, 0.15) is 16.7 Å². The first kappa shape index (κ1) is 19.3. The summed E-state index contributed by atoms with van der Waals surface area (Å²) in [4.78, 5) is 10.8. The average Bonchev–Trinajstić information content (AvgIpc) is 2.75. The summed E-state index contributed by atoms with van der Waals surface area (Å²) in [7, 11) is 0. The third-order valence-electron chi connectivity index (χ3n) is 4.55. The van der Waals surface area contributed by atoms with Crippen LogP contribution in [-0.4, -0.2) is 30.1 Å². The largest absolute Gasteiger partial charge is 0.474 e. The lowest BCUT2D eigenvalue weighted by molar-refractivity contribution is -0.131. The SMILES string of the molecule is N=C(OCCNC(c1ccccc1)(c1ccccc1)c1ccccc1)C(=O)O. The molecule has 0 aliphatic heterocycles. The molecule has 3 N–H and O–H groups in total. The molecule has 0 radical (unpaired) electrons. The molecule has 0 atom stereocenters. The first-order chi connectivity index (χ1) is 13.6. The van der Waals surface area contributed by atoms with E-state index in [1.807, 2.05) is 54.6 Å². The van der Waals surface area contributed by atoms with Crippen molar-refractivity contribution in [1.82, 2.24) is 5.32 Å². The second kappa shape index (κ2) is 8.97. The molecule has 5 heteroatoms. The number of hydrogen-bond donors (Lipinski definition) is 3. The number of carbonyl (C=O) groups is 1. The maximum Gasteiger partial charge on any atom is 0.391 e. The molecular formula is C23H22N2O3. The van der Waals surface area contributed by atoms with E-state index in [-0.39, 0.29) is 6.61 Å². The normalized spacial score (nSPS) is 11.0. The number of ether oxygens (including phenoxy) is 1. The highest BCUT2D eigenvalue weighted by molar-refractivity contribution is 6.30. The van der Waals surface area contributed by atoms with Gasteiger partial charge in [0.15, 0.2) is 0 Å². The summed E-state index contributed by atoms with van der Waals surface area (Å²) in [6.07, 6.45) is 0. The average molecular weight is 374 g/mol. The molecule has 0 aliphatic rings. The van der Waals surface area contributed by atoms with Crippen LogP contribution in [-0.2, 0) is 15.1 Å². The van der Waals surface area contributed by atoms with E-state index in [1.165, 1.54) is 0 Å². The molecule has 0 bridgehead atoms. The van der Waals surface area contributed by atoms with Crippen LogP contribution in [0.5, 0.6) is 0 Å². The molecule has 0 aromatic heterocycles. The number of carboxylic acid groups (broad SMARTS) is 1. The third-order valence-corrected chi connectivity index (χ3v) is 4.55. The van der Waals surface area contributed by atoms with Gasteiger partial charge in [0, 0.05) is 6.54 Å². The van der Waals surface area contributed by atoms with Gasteiger partial charge in [0.1, 0.15) is 6.61 Å². The molecule has 28 heavy (non-hydrogen) atoms. The van der Waals surface area contributed by atoms with Gasteiger partial charge in [-0.05, 0) is 16.7 Å². The minimum Gasteiger partial charge on any atom is -0.474 e. The zero-order valence-corrected chi connectivity index (χ0v) is 15.3. The highest BCUT2D eigenvalue weighted by atomic mass is 16.5. The summed E-state index contributed by atoms with van der Waals surface area (Å²) >= 11 is 0. The van der Waals surface area contributed by atoms with Gasteiger partial charge in [0.05, 0.1) is 5.54 Å². The fraction of sp³-hybridized carbons (Fsp3) is 0.130. The molecule has 0 heterocycles. The van der Waals surface area contributed by atoms with Crippen molar-refractivity contribution < 1.29 is 14.6 Å². The predicted molar refractivity (Wildman–Crippen MR) is 109 cm³/mol. The summed E-state index contributed by atoms with van der Waals surface area (Å²) in [5, 5.41) is 19.7. The van der Waals surface area contributed by atoms with Gasteiger partial charge in [-0.2, -0.15) is 0 Å². The van der Waals surface area contributed by atoms with Gasteiger partial charge < -0.3 is 9.84 Å². The second-order valence-electron chi connectivity index (χ2n) is 6.26. The second-order valence-corrected chi connectivity index (χ2v) is 6.26. The number of nitrogens with one attached hydrogen (secondary N) is 2. The molecule has 3 rings (SSSR count). The molecule has 0 unspecified atom stereocenters. The van der Waals surface area contributed by atoms with E-state index < -0.39 is 17.4 Å². The van der Waals surface area contributed by atoms with Crippen LogP contribution < -0.4 is 5.32 Å². The van der Waals surface area contributed by atoms with Crippen LogP contribution in [0.4, 0.5) is 0 Å². The lowest BCUT2D eigenvalue weighted by Gasteiger charge is -2.37. The van der Waals surface area contributed by atoms with E-state index in [0.29, 0.717) is 6.54 Å². The smallest absolute Gasteiger partial charge is 0.391 e. The Labute approximate surface area is 164 Å². The molecule has 5 nitrogen and oxygen atoms in total. The molecular weight excluding hydrogens is 352 g/mol. The van der Waals surface area contributed by atoms with Gasteiger partial charge in [-0.1, -0.05) is 91.0 Å². The molecule has 0 fully saturated rings. The Morgan fingerprint density at radius 2 is 1.21 bits per heavy atom. The Morgan fingerprint density at radius 1 is 0.821 bits per heavy atom. The van der Waals surface area contributed by atoms with Crippen molar-refractivity contribution in [3.05, 3.63) is 108 Å². The van der Waals surface area contributed by atoms with Gasteiger partial charge in [0.2, 0.25) is 0 Å². The Morgan fingerprint density at radius 3 is 1.57 bits per heavy atom. The molecule has 0 amide bonds. The zero-order valence-electron chi connectivity index (χ0n) is 15.3. The van der Waals surface area contributed by atoms with Crippen molar-refractivity contribution in [1.29, 1.82) is 5.41 Å². The van der Waals surface area contributed by atoms with E-state index in [9.17, 15) is 4.79 Å². The van der Waals surface area contributed by atoms with E-state index in [2.05, 4.69) is 41.7 Å². The summed E-state index contributed by atoms with van der Waals surface area (Å²) in [5.41, 5.74) is 2.53. The fourth-order valence-corrected chi connectivity index (χ4v) is 3.32. The highest BCUT2D eigenvalue weighted by Crippen LogP contribution is 2.36. The molecule has 0 spiro atoms. The van der Waals surface area contributed by atoms with Crippen LogP contribution in [0, 0.1) is 5.41 Å². The number of carboxylic acids is 1. The monoisotopic (exact) mass is 374 g/mol. The predicted octanol–water partition coefficient (Wildman–Crippen LogP) is 3.65. The van der Waals surface area contributed by atoms with E-state index >= 15 is 0 Å². The van der Waals surface area contributed by atoms with Gasteiger partial charge in [-0.25, -0.2) is 4.79 Å². The van der Waals surface area contributed by atoms with Crippen LogP contribution in [0.25, 0.3) is 0 Å². The third kappa shape index (κ3) is 4.10. The summed E-state index contributed by atoms with van der Waals surface area (Å²) in [6.45, 7) is 0.424. The number of aliphatic carboxylic acids is 1. The summed E-state index contributed by atoms with van der Waals surface area (Å²) < 4.78 is 5.03. The number of rotatable bonds is 7. The zero-order chi connectivity index (χ0) is 19.8. The summed E-state index contributed by atoms with van der Waals surface area (Å²) in [6, 6.07) is 30.3. The van der Waals surface area contributed by atoms with Crippen molar-refractivity contribution in [2.45, 2.75) is 5.54 Å². The minimum absolute atomic E-state index is 0.0688. The number of benzene rings is 3. The molecule has 0 saturated carbocycles. The topological polar surface area (TPSA) is 82.4 Å². The maximum atomic E-state index is 10.8. The number of hydrogen-bond acceptors (Lipinski definition) is 4. The van der Waals surface area contributed by atoms with Gasteiger partial charge in [-0.3, -0.25) is 10.7 Å². The maximum absolute atomic E-state index is 10.8. The molecule has 3 aromatic rings. The van der Waals surface area contributed by atoms with Crippen LogP contribution in [0.3, 0.4) is 0 Å². The van der Waals surface area contributed by atoms with Crippen molar-refractivity contribution in [3.8, 4) is 0 Å². The van der Waals surface area contributed by atoms with Crippen molar-refractivity contribution >= 4 is 11.9 Å². The standard InChI is InChI=1S/C23H22N2O3/c24-21(22(26)27)28-17-16-25-23(18-10-4-1-5-11-18,19-12-6-2-7-13-19)20-14-8-3-9-15-20/h1-15,24-25H,16-17H2,(H,26,27). The van der Waals surface area contributed by atoms with Crippen molar-refractivity contribution in [2.24, 2.45) is 0 Å². The Hall–Kier alpha value is -3.44. The van der Waals surface area contributed by atoms with Crippen LogP contribution in [0.15, 0.2) is 91.0 Å². The van der Waals surface area contributed by atoms with E-state index in [1.54, 1.807) is 0 Å². The van der Waals surface area contributed by atoms with Crippen LogP contribution in [0.2, 0.25) is 0 Å². The van der Waals surface area contributed by atoms with E-state index in [0.717, 1.165) is 16.7 Å². The summed E-state index contributed by atoms with van der Waals surface area (Å²) in [5.74, 6) is -2.13. The quantitative estimate of drug-likeness (QED) is 0.255. The highest BCUT2D eigenvalue weighted by Gasteiger charge is 2.35. The first-order valence-electron chi connectivity index (χ1n) is 9.01. The lowest BCUT2D eigenvalue weighted by Crippen LogP contribution is -2.46. The fourth-order valence-electron chi connectivity index (χ4n) is 3.32. The Balaban J connectivity index is 2.01. The van der Waals surface area contributed by atoms with Gasteiger partial charge in [-0.15, -0.1) is 0 Å². The van der Waals surface area contributed by atoms with Crippen LogP contribution >= 0.6 is 0 Å². The van der Waals surface area contributed by atoms with Crippen molar-refractivity contribution in [3.63, 3.8) is 0 Å². The minimum atomic E-state index is -1.37. The lowest BCUT2D eigenvalue weighted by atomic mass is 9.77. The van der Waals surface area contributed by atoms with Crippen molar-refractivity contribution in [2.75, 3.05) is 13.2 Å². The molecule has 3 aromatic carbocycles. The molecule has 142 valence electrons. The molecule has 0 aliphatic carbocycles. The first-order valence-corrected chi connectivity index (χ1v) is 9.01.